The highest BCUT2D eigenvalue weighted by molar-refractivity contribution is 6.30. The van der Waals surface area contributed by atoms with Gasteiger partial charge in [0.15, 0.2) is 5.82 Å². The first-order valence-electron chi connectivity index (χ1n) is 9.99. The van der Waals surface area contributed by atoms with Crippen LogP contribution in [-0.2, 0) is 0 Å². The summed E-state index contributed by atoms with van der Waals surface area (Å²) in [5.74, 6) is 2.34. The summed E-state index contributed by atoms with van der Waals surface area (Å²) in [6.45, 7) is 4.16. The van der Waals surface area contributed by atoms with Crippen LogP contribution in [0.1, 0.15) is 30.1 Å². The van der Waals surface area contributed by atoms with Crippen LogP contribution in [0.4, 0.5) is 11.5 Å². The summed E-state index contributed by atoms with van der Waals surface area (Å²) in [6, 6.07) is 14.0. The van der Waals surface area contributed by atoms with Crippen molar-refractivity contribution in [2.24, 2.45) is 5.92 Å². The highest BCUT2D eigenvalue weighted by Crippen LogP contribution is 2.31. The van der Waals surface area contributed by atoms with Gasteiger partial charge in [0, 0.05) is 41.8 Å². The first kappa shape index (κ1) is 20.2. The molecule has 6 nitrogen and oxygen atoms in total. The minimum Gasteiger partial charge on any atom is -0.436 e. The van der Waals surface area contributed by atoms with Crippen LogP contribution in [0.5, 0.6) is 11.6 Å². The summed E-state index contributed by atoms with van der Waals surface area (Å²) in [6.07, 6.45) is 5.57. The second-order valence-electron chi connectivity index (χ2n) is 7.45. The quantitative estimate of drug-likeness (QED) is 0.595. The Hall–Kier alpha value is -3.12. The molecule has 0 saturated carbocycles. The van der Waals surface area contributed by atoms with Crippen LogP contribution in [0.3, 0.4) is 0 Å². The minimum atomic E-state index is -0.216. The van der Waals surface area contributed by atoms with Crippen LogP contribution in [0.15, 0.2) is 60.9 Å². The highest BCUT2D eigenvalue weighted by atomic mass is 35.5. The molecule has 0 spiro atoms. The van der Waals surface area contributed by atoms with E-state index in [-0.39, 0.29) is 5.91 Å². The zero-order chi connectivity index (χ0) is 20.9. The molecule has 1 aliphatic heterocycles. The number of hydrogen-bond donors (Lipinski definition) is 1. The third kappa shape index (κ3) is 4.89. The number of halogens is 1. The molecule has 0 unspecified atom stereocenters. The fraction of sp³-hybridized carbons (Fsp3) is 0.261. The van der Waals surface area contributed by atoms with E-state index in [2.05, 4.69) is 27.1 Å². The molecule has 154 valence electrons. The van der Waals surface area contributed by atoms with Gasteiger partial charge >= 0.3 is 0 Å². The molecular weight excluding hydrogens is 400 g/mol. The molecule has 1 N–H and O–H groups in total. The van der Waals surface area contributed by atoms with Crippen molar-refractivity contribution in [2.75, 3.05) is 23.3 Å². The van der Waals surface area contributed by atoms with E-state index in [9.17, 15) is 4.79 Å². The fourth-order valence-electron chi connectivity index (χ4n) is 3.38. The number of hydrogen-bond acceptors (Lipinski definition) is 5. The smallest absolute Gasteiger partial charge is 0.263 e. The second kappa shape index (κ2) is 9.13. The number of benzene rings is 2. The topological polar surface area (TPSA) is 67.3 Å². The van der Waals surface area contributed by atoms with E-state index in [1.54, 1.807) is 60.9 Å². The van der Waals surface area contributed by atoms with Gasteiger partial charge in [-0.25, -0.2) is 9.97 Å². The predicted molar refractivity (Wildman–Crippen MR) is 119 cm³/mol. The molecule has 1 aliphatic rings. The van der Waals surface area contributed by atoms with Gasteiger partial charge < -0.3 is 15.0 Å². The Bertz CT molecular complexity index is 1020. The average molecular weight is 423 g/mol. The normalized spacial score (nSPS) is 14.4. The number of carbonyl (C=O) groups excluding carboxylic acids is 1. The van der Waals surface area contributed by atoms with Crippen LogP contribution in [0.2, 0.25) is 5.02 Å². The molecule has 1 saturated heterocycles. The zero-order valence-electron chi connectivity index (χ0n) is 16.7. The Morgan fingerprint density at radius 1 is 1.10 bits per heavy atom. The van der Waals surface area contributed by atoms with E-state index in [1.807, 2.05) is 0 Å². The number of carbonyl (C=O) groups is 1. The Morgan fingerprint density at radius 2 is 1.83 bits per heavy atom. The lowest BCUT2D eigenvalue weighted by Gasteiger charge is -2.31. The monoisotopic (exact) mass is 422 g/mol. The van der Waals surface area contributed by atoms with Gasteiger partial charge in [0.2, 0.25) is 0 Å². The number of anilines is 2. The average Bonchev–Trinajstić information content (AvgIpc) is 2.75. The van der Waals surface area contributed by atoms with E-state index in [1.165, 1.54) is 0 Å². The van der Waals surface area contributed by atoms with Crippen molar-refractivity contribution in [2.45, 2.75) is 19.8 Å². The standard InChI is InChI=1S/C23H23ClN4O2/c1-16-9-13-28(14-10-16)21-23(26-12-11-25-21)30-20-7-5-17(6-8-20)22(29)27-19-4-2-3-18(24)15-19/h2-8,11-12,15-16H,9-10,13-14H2,1H3,(H,27,29). The summed E-state index contributed by atoms with van der Waals surface area (Å²) in [5, 5.41) is 3.40. The number of rotatable bonds is 5. The fourth-order valence-corrected chi connectivity index (χ4v) is 3.57. The molecule has 4 rings (SSSR count). The van der Waals surface area contributed by atoms with E-state index in [0.717, 1.165) is 37.7 Å². The summed E-state index contributed by atoms with van der Waals surface area (Å²) < 4.78 is 5.99. The lowest BCUT2D eigenvalue weighted by Crippen LogP contribution is -2.33. The maximum absolute atomic E-state index is 12.5. The molecule has 0 radical (unpaired) electrons. The van der Waals surface area contributed by atoms with Crippen molar-refractivity contribution < 1.29 is 9.53 Å². The molecule has 0 atom stereocenters. The van der Waals surface area contributed by atoms with Crippen molar-refractivity contribution in [3.63, 3.8) is 0 Å². The SMILES string of the molecule is CC1CCN(c2nccnc2Oc2ccc(C(=O)Nc3cccc(Cl)c3)cc2)CC1. The van der Waals surface area contributed by atoms with Gasteiger partial charge in [-0.2, -0.15) is 0 Å². The number of nitrogens with zero attached hydrogens (tertiary/aromatic N) is 3. The van der Waals surface area contributed by atoms with Gasteiger partial charge in [0.05, 0.1) is 0 Å². The lowest BCUT2D eigenvalue weighted by molar-refractivity contribution is 0.102. The molecule has 3 aromatic rings. The summed E-state index contributed by atoms with van der Waals surface area (Å²) in [7, 11) is 0. The maximum atomic E-state index is 12.5. The minimum absolute atomic E-state index is 0.216. The van der Waals surface area contributed by atoms with Gasteiger partial charge in [-0.05, 0) is 61.2 Å². The van der Waals surface area contributed by atoms with Crippen molar-refractivity contribution in [3.8, 4) is 11.6 Å². The Kier molecular flexibility index (Phi) is 6.14. The lowest BCUT2D eigenvalue weighted by atomic mass is 9.99. The summed E-state index contributed by atoms with van der Waals surface area (Å²) in [5.41, 5.74) is 1.17. The molecule has 2 aromatic carbocycles. The molecule has 30 heavy (non-hydrogen) atoms. The van der Waals surface area contributed by atoms with E-state index in [0.29, 0.717) is 27.9 Å². The maximum Gasteiger partial charge on any atom is 0.263 e. The molecule has 0 aliphatic carbocycles. The number of nitrogens with one attached hydrogen (secondary N) is 1. The van der Waals surface area contributed by atoms with Crippen LogP contribution in [-0.4, -0.2) is 29.0 Å². The van der Waals surface area contributed by atoms with Gasteiger partial charge in [-0.1, -0.05) is 24.6 Å². The van der Waals surface area contributed by atoms with E-state index < -0.39 is 0 Å². The second-order valence-corrected chi connectivity index (χ2v) is 7.88. The first-order chi connectivity index (χ1) is 14.6. The summed E-state index contributed by atoms with van der Waals surface area (Å²) >= 11 is 5.97. The molecular formula is C23H23ClN4O2. The van der Waals surface area contributed by atoms with Gasteiger partial charge in [0.25, 0.3) is 11.8 Å². The van der Waals surface area contributed by atoms with E-state index >= 15 is 0 Å². The molecule has 1 aromatic heterocycles. The zero-order valence-corrected chi connectivity index (χ0v) is 17.5. The largest absolute Gasteiger partial charge is 0.436 e. The Labute approximate surface area is 180 Å². The van der Waals surface area contributed by atoms with Crippen molar-refractivity contribution in [1.29, 1.82) is 0 Å². The van der Waals surface area contributed by atoms with Gasteiger partial charge in [0.1, 0.15) is 5.75 Å². The first-order valence-corrected chi connectivity index (χ1v) is 10.4. The molecule has 1 amide bonds. The van der Waals surface area contributed by atoms with Gasteiger partial charge in [-0.15, -0.1) is 0 Å². The Morgan fingerprint density at radius 3 is 2.57 bits per heavy atom. The van der Waals surface area contributed by atoms with Crippen LogP contribution in [0, 0.1) is 5.92 Å². The Balaban J connectivity index is 1.44. The van der Waals surface area contributed by atoms with E-state index in [4.69, 9.17) is 16.3 Å². The third-order valence-corrected chi connectivity index (χ3v) is 5.38. The predicted octanol–water partition coefficient (Wildman–Crippen LogP) is 5.41. The molecule has 7 heteroatoms. The molecule has 0 bridgehead atoms. The number of ether oxygens (including phenoxy) is 1. The van der Waals surface area contributed by atoms with Crippen LogP contribution in [0.25, 0.3) is 0 Å². The third-order valence-electron chi connectivity index (χ3n) is 5.14. The molecule has 1 fully saturated rings. The van der Waals surface area contributed by atoms with Crippen LogP contribution < -0.4 is 15.0 Å². The van der Waals surface area contributed by atoms with Crippen molar-refractivity contribution in [1.82, 2.24) is 9.97 Å². The van der Waals surface area contributed by atoms with Gasteiger partial charge in [-0.3, -0.25) is 4.79 Å². The summed E-state index contributed by atoms with van der Waals surface area (Å²) in [4.78, 5) is 23.5. The highest BCUT2D eigenvalue weighted by Gasteiger charge is 2.21. The molecule has 2 heterocycles. The van der Waals surface area contributed by atoms with Crippen LogP contribution >= 0.6 is 11.6 Å². The van der Waals surface area contributed by atoms with Crippen molar-refractivity contribution >= 4 is 29.0 Å². The van der Waals surface area contributed by atoms with Crippen molar-refractivity contribution in [3.05, 3.63) is 71.5 Å². The number of amides is 1. The number of piperidine rings is 1. The number of aromatic nitrogens is 2.